The van der Waals surface area contributed by atoms with Gasteiger partial charge in [-0.3, -0.25) is 9.97 Å². The molecule has 1 unspecified atom stereocenters. The fourth-order valence-corrected chi connectivity index (χ4v) is 4.60. The summed E-state index contributed by atoms with van der Waals surface area (Å²) in [4.78, 5) is 8.82. The number of sulfone groups is 1. The van der Waals surface area contributed by atoms with Crippen LogP contribution in [0.4, 0.5) is 0 Å². The van der Waals surface area contributed by atoms with E-state index in [-0.39, 0.29) is 0 Å². The number of benzene rings is 2. The lowest BCUT2D eigenvalue weighted by molar-refractivity contribution is 0.560. The van der Waals surface area contributed by atoms with Crippen LogP contribution in [-0.4, -0.2) is 34.6 Å². The standard InChI is InChI=1S/C26H26N2O4S2/c1-5-33(29)32-23-14-21(16-27-17-23)18-8-6-9-19(12-18)24-15-22(26(2,3)34(4,30)31)13-20-10-7-11-28-25(20)24/h6-17H,5H2,1-4H3. The van der Waals surface area contributed by atoms with Crippen molar-refractivity contribution in [2.75, 3.05) is 12.0 Å². The van der Waals surface area contributed by atoms with Crippen molar-refractivity contribution < 1.29 is 16.8 Å². The molecule has 6 nitrogen and oxygen atoms in total. The summed E-state index contributed by atoms with van der Waals surface area (Å²) in [6, 6.07) is 17.3. The molecule has 0 spiro atoms. The minimum atomic E-state index is -3.36. The van der Waals surface area contributed by atoms with Gasteiger partial charge >= 0.3 is 0 Å². The molecule has 0 bridgehead atoms. The molecule has 0 amide bonds. The van der Waals surface area contributed by atoms with E-state index < -0.39 is 25.7 Å². The molecule has 0 N–H and O–H groups in total. The van der Waals surface area contributed by atoms with Gasteiger partial charge in [-0.25, -0.2) is 12.6 Å². The molecule has 0 aliphatic carbocycles. The Morgan fingerprint density at radius 2 is 1.74 bits per heavy atom. The van der Waals surface area contributed by atoms with Crippen LogP contribution >= 0.6 is 0 Å². The van der Waals surface area contributed by atoms with Crippen LogP contribution in [0.5, 0.6) is 5.75 Å². The molecule has 0 aliphatic rings. The zero-order valence-electron chi connectivity index (χ0n) is 19.5. The molecule has 176 valence electrons. The monoisotopic (exact) mass is 494 g/mol. The molecular weight excluding hydrogens is 468 g/mol. The van der Waals surface area contributed by atoms with Crippen LogP contribution < -0.4 is 4.18 Å². The Morgan fingerprint density at radius 1 is 0.971 bits per heavy atom. The first-order valence-corrected chi connectivity index (χ1v) is 13.9. The van der Waals surface area contributed by atoms with Gasteiger partial charge in [0.25, 0.3) is 0 Å². The summed E-state index contributed by atoms with van der Waals surface area (Å²) in [7, 11) is -3.36. The molecule has 4 rings (SSSR count). The summed E-state index contributed by atoms with van der Waals surface area (Å²) in [6.45, 7) is 5.23. The van der Waals surface area contributed by atoms with E-state index >= 15 is 0 Å². The highest BCUT2D eigenvalue weighted by Crippen LogP contribution is 2.37. The summed E-state index contributed by atoms with van der Waals surface area (Å²) in [6.07, 6.45) is 6.25. The normalized spacial score (nSPS) is 13.1. The molecule has 8 heteroatoms. The van der Waals surface area contributed by atoms with Crippen molar-refractivity contribution in [2.24, 2.45) is 0 Å². The number of rotatable bonds is 7. The molecule has 0 radical (unpaired) electrons. The first-order chi connectivity index (χ1) is 16.1. The first kappa shape index (κ1) is 24.0. The smallest absolute Gasteiger partial charge is 0.206 e. The van der Waals surface area contributed by atoms with Gasteiger partial charge in [0.05, 0.1) is 22.2 Å². The molecule has 34 heavy (non-hydrogen) atoms. The second-order valence-electron chi connectivity index (χ2n) is 8.55. The lowest BCUT2D eigenvalue weighted by Gasteiger charge is -2.24. The van der Waals surface area contributed by atoms with Crippen LogP contribution in [0.15, 0.2) is 73.2 Å². The Morgan fingerprint density at radius 3 is 2.47 bits per heavy atom. The summed E-state index contributed by atoms with van der Waals surface area (Å²) in [5.41, 5.74) is 4.96. The molecule has 2 aromatic heterocycles. The zero-order valence-corrected chi connectivity index (χ0v) is 21.1. The Balaban J connectivity index is 1.86. The Labute approximate surface area is 202 Å². The first-order valence-electron chi connectivity index (χ1n) is 10.8. The summed E-state index contributed by atoms with van der Waals surface area (Å²) < 4.78 is 41.3. The lowest BCUT2D eigenvalue weighted by atomic mass is 9.92. The topological polar surface area (TPSA) is 86.2 Å². The molecule has 0 aliphatic heterocycles. The summed E-state index contributed by atoms with van der Waals surface area (Å²) in [5.74, 6) is 0.826. The average molecular weight is 495 g/mol. The number of aromatic nitrogens is 2. The van der Waals surface area contributed by atoms with E-state index in [1.165, 1.54) is 12.5 Å². The van der Waals surface area contributed by atoms with Crippen LogP contribution in [0, 0.1) is 0 Å². The molecule has 2 aromatic carbocycles. The Bertz CT molecular complexity index is 1500. The van der Waals surface area contributed by atoms with Gasteiger partial charge in [0, 0.05) is 35.2 Å². The fraction of sp³-hybridized carbons (Fsp3) is 0.231. The predicted molar refractivity (Wildman–Crippen MR) is 138 cm³/mol. The van der Waals surface area contributed by atoms with Gasteiger partial charge in [-0.2, -0.15) is 0 Å². The van der Waals surface area contributed by atoms with Gasteiger partial charge < -0.3 is 4.18 Å². The fourth-order valence-electron chi connectivity index (χ4n) is 3.63. The molecule has 2 heterocycles. The second-order valence-corrected chi connectivity index (χ2v) is 12.5. The van der Waals surface area contributed by atoms with E-state index in [0.717, 1.165) is 33.2 Å². The third kappa shape index (κ3) is 4.74. The van der Waals surface area contributed by atoms with Crippen molar-refractivity contribution in [3.63, 3.8) is 0 Å². The molecule has 1 atom stereocenters. The minimum Gasteiger partial charge on any atom is -0.399 e. The molecular formula is C26H26N2O4S2. The number of hydrogen-bond donors (Lipinski definition) is 0. The SMILES string of the molecule is CCS(=O)Oc1cncc(-c2cccc(-c3cc(C(C)(C)S(C)(=O)=O)cc4cccnc34)c2)c1. The molecule has 0 saturated carbocycles. The van der Waals surface area contributed by atoms with Crippen LogP contribution in [-0.2, 0) is 25.7 Å². The van der Waals surface area contributed by atoms with Crippen molar-refractivity contribution in [1.82, 2.24) is 9.97 Å². The molecule has 0 fully saturated rings. The molecule has 4 aromatic rings. The second kappa shape index (κ2) is 9.27. The Kier molecular flexibility index (Phi) is 6.55. The van der Waals surface area contributed by atoms with Gasteiger partial charge in [0.1, 0.15) is 0 Å². The van der Waals surface area contributed by atoms with E-state index in [1.807, 2.05) is 48.5 Å². The van der Waals surface area contributed by atoms with E-state index in [2.05, 4.69) is 9.97 Å². The maximum Gasteiger partial charge on any atom is 0.206 e. The third-order valence-electron chi connectivity index (χ3n) is 5.97. The highest BCUT2D eigenvalue weighted by atomic mass is 32.2. The van der Waals surface area contributed by atoms with E-state index in [4.69, 9.17) is 4.18 Å². The van der Waals surface area contributed by atoms with Gasteiger partial charge in [0.2, 0.25) is 11.1 Å². The predicted octanol–water partition coefficient (Wildman–Crippen LogP) is 5.31. The van der Waals surface area contributed by atoms with Gasteiger partial charge in [0.15, 0.2) is 15.6 Å². The minimum absolute atomic E-state index is 0.389. The highest BCUT2D eigenvalue weighted by molar-refractivity contribution is 7.91. The summed E-state index contributed by atoms with van der Waals surface area (Å²) in [5, 5.41) is 0.872. The third-order valence-corrected chi connectivity index (χ3v) is 8.91. The van der Waals surface area contributed by atoms with E-state index in [9.17, 15) is 12.6 Å². The van der Waals surface area contributed by atoms with Crippen LogP contribution in [0.2, 0.25) is 0 Å². The van der Waals surface area contributed by atoms with Crippen molar-refractivity contribution in [3.05, 3.63) is 78.8 Å². The highest BCUT2D eigenvalue weighted by Gasteiger charge is 2.33. The zero-order chi connectivity index (χ0) is 24.5. The van der Waals surface area contributed by atoms with Crippen molar-refractivity contribution in [2.45, 2.75) is 25.5 Å². The maximum atomic E-state index is 12.6. The number of hydrogen-bond acceptors (Lipinski definition) is 6. The van der Waals surface area contributed by atoms with Crippen LogP contribution in [0.1, 0.15) is 26.3 Å². The van der Waals surface area contributed by atoms with E-state index in [1.54, 1.807) is 39.2 Å². The quantitative estimate of drug-likeness (QED) is 0.346. The van der Waals surface area contributed by atoms with Gasteiger partial charge in [-0.1, -0.05) is 31.2 Å². The maximum absolute atomic E-state index is 12.6. The van der Waals surface area contributed by atoms with Gasteiger partial charge in [-0.15, -0.1) is 0 Å². The lowest BCUT2D eigenvalue weighted by Crippen LogP contribution is -2.28. The van der Waals surface area contributed by atoms with Crippen molar-refractivity contribution >= 4 is 31.8 Å². The average Bonchev–Trinajstić information content (AvgIpc) is 2.82. The van der Waals surface area contributed by atoms with Crippen molar-refractivity contribution in [1.29, 1.82) is 0 Å². The van der Waals surface area contributed by atoms with Crippen molar-refractivity contribution in [3.8, 4) is 28.0 Å². The van der Waals surface area contributed by atoms with Crippen LogP contribution in [0.25, 0.3) is 33.2 Å². The summed E-state index contributed by atoms with van der Waals surface area (Å²) >= 11 is -1.41. The Hall–Kier alpha value is -3.10. The van der Waals surface area contributed by atoms with Crippen LogP contribution in [0.3, 0.4) is 0 Å². The number of nitrogens with zero attached hydrogens (tertiary/aromatic N) is 2. The van der Waals surface area contributed by atoms with E-state index in [0.29, 0.717) is 17.1 Å². The van der Waals surface area contributed by atoms with Gasteiger partial charge in [-0.05, 0) is 60.9 Å². The number of fused-ring (bicyclic) bond motifs is 1. The number of pyridine rings is 2. The molecule has 0 saturated heterocycles. The largest absolute Gasteiger partial charge is 0.399 e.